The Morgan fingerprint density at radius 1 is 1.32 bits per heavy atom. The van der Waals surface area contributed by atoms with Crippen LogP contribution < -0.4 is 5.32 Å². The van der Waals surface area contributed by atoms with Gasteiger partial charge in [-0.1, -0.05) is 12.1 Å². The van der Waals surface area contributed by atoms with E-state index in [0.717, 1.165) is 42.3 Å². The molecule has 0 radical (unpaired) electrons. The summed E-state index contributed by atoms with van der Waals surface area (Å²) in [7, 11) is 0. The van der Waals surface area contributed by atoms with Crippen LogP contribution in [0.1, 0.15) is 12.7 Å². The topological polar surface area (TPSA) is 71.4 Å². The summed E-state index contributed by atoms with van der Waals surface area (Å²) in [6.07, 6.45) is 2.58. The maximum absolute atomic E-state index is 4.46. The van der Waals surface area contributed by atoms with Crippen molar-refractivity contribution in [3.05, 3.63) is 36.4 Å². The largest absolute Gasteiger partial charge is 0.355 e. The smallest absolute Gasteiger partial charge is 0.201 e. The van der Waals surface area contributed by atoms with Crippen LogP contribution in [0.25, 0.3) is 11.0 Å². The predicted octanol–water partition coefficient (Wildman–Crippen LogP) is 1.83. The Hall–Kier alpha value is -2.37. The molecule has 3 rings (SSSR count). The van der Waals surface area contributed by atoms with Crippen LogP contribution in [-0.2, 0) is 13.0 Å². The van der Waals surface area contributed by atoms with Crippen LogP contribution in [0.3, 0.4) is 0 Å². The lowest BCUT2D eigenvalue weighted by molar-refractivity contribution is 0.697. The van der Waals surface area contributed by atoms with E-state index < -0.39 is 0 Å². The zero-order valence-electron chi connectivity index (χ0n) is 10.8. The molecule has 0 amide bonds. The van der Waals surface area contributed by atoms with Gasteiger partial charge in [-0.25, -0.2) is 4.98 Å². The Balaban J connectivity index is 1.63. The third kappa shape index (κ3) is 2.42. The minimum absolute atomic E-state index is 0.776. The van der Waals surface area contributed by atoms with Crippen molar-refractivity contribution < 1.29 is 0 Å². The number of imidazole rings is 1. The van der Waals surface area contributed by atoms with Crippen LogP contribution in [0.15, 0.2) is 30.6 Å². The molecule has 0 atom stereocenters. The number of aryl methyl sites for hydroxylation is 1. The summed E-state index contributed by atoms with van der Waals surface area (Å²) in [5.74, 6) is 1.79. The number of benzene rings is 1. The van der Waals surface area contributed by atoms with Crippen LogP contribution in [-0.4, -0.2) is 31.3 Å². The molecule has 0 saturated carbocycles. The van der Waals surface area contributed by atoms with Gasteiger partial charge < -0.3 is 14.9 Å². The Morgan fingerprint density at radius 2 is 2.21 bits per heavy atom. The van der Waals surface area contributed by atoms with Gasteiger partial charge in [0.2, 0.25) is 5.95 Å². The highest BCUT2D eigenvalue weighted by atomic mass is 15.3. The molecular weight excluding hydrogens is 240 g/mol. The number of nitrogens with one attached hydrogen (secondary N) is 2. The van der Waals surface area contributed by atoms with E-state index in [4.69, 9.17) is 0 Å². The first-order valence-corrected chi connectivity index (χ1v) is 6.42. The summed E-state index contributed by atoms with van der Waals surface area (Å²) in [4.78, 5) is 7.70. The fourth-order valence-corrected chi connectivity index (χ4v) is 2.07. The molecule has 0 aliphatic heterocycles. The second kappa shape index (κ2) is 5.09. The summed E-state index contributed by atoms with van der Waals surface area (Å²) in [6, 6.07) is 7.98. The normalized spacial score (nSPS) is 11.0. The first-order valence-electron chi connectivity index (χ1n) is 6.42. The van der Waals surface area contributed by atoms with Gasteiger partial charge in [0.1, 0.15) is 12.2 Å². The average molecular weight is 256 g/mol. The molecule has 1 aromatic carbocycles. The fraction of sp³-hybridized carbons (Fsp3) is 0.308. The minimum Gasteiger partial charge on any atom is -0.355 e. The van der Waals surface area contributed by atoms with Gasteiger partial charge in [0.25, 0.3) is 0 Å². The number of rotatable bonds is 5. The van der Waals surface area contributed by atoms with Crippen molar-refractivity contribution in [1.29, 1.82) is 0 Å². The number of aromatic amines is 1. The SMILES string of the molecule is CCn1cnnc1CCNc1nc2ccccc2[nH]1. The van der Waals surface area contributed by atoms with E-state index >= 15 is 0 Å². The number of fused-ring (bicyclic) bond motifs is 1. The summed E-state index contributed by atoms with van der Waals surface area (Å²) >= 11 is 0. The van der Waals surface area contributed by atoms with Gasteiger partial charge >= 0.3 is 0 Å². The molecular formula is C13H16N6. The van der Waals surface area contributed by atoms with E-state index in [2.05, 4.69) is 32.4 Å². The van der Waals surface area contributed by atoms with Gasteiger partial charge in [-0.2, -0.15) is 0 Å². The van der Waals surface area contributed by atoms with Crippen LogP contribution in [0, 0.1) is 0 Å². The number of hydrogen-bond acceptors (Lipinski definition) is 4. The molecule has 6 nitrogen and oxygen atoms in total. The van der Waals surface area contributed by atoms with Crippen LogP contribution in [0.2, 0.25) is 0 Å². The first kappa shape index (κ1) is 11.7. The molecule has 0 spiro atoms. The van der Waals surface area contributed by atoms with Crippen LogP contribution in [0.4, 0.5) is 5.95 Å². The number of anilines is 1. The van der Waals surface area contributed by atoms with Gasteiger partial charge in [-0.15, -0.1) is 10.2 Å². The number of aromatic nitrogens is 5. The Morgan fingerprint density at radius 3 is 3.05 bits per heavy atom. The highest BCUT2D eigenvalue weighted by Crippen LogP contribution is 2.13. The lowest BCUT2D eigenvalue weighted by atomic mass is 10.3. The zero-order chi connectivity index (χ0) is 13.1. The van der Waals surface area contributed by atoms with Crippen molar-refractivity contribution in [3.8, 4) is 0 Å². The van der Waals surface area contributed by atoms with Crippen LogP contribution >= 0.6 is 0 Å². The number of H-pyrrole nitrogens is 1. The molecule has 0 aliphatic carbocycles. The zero-order valence-corrected chi connectivity index (χ0v) is 10.8. The monoisotopic (exact) mass is 256 g/mol. The van der Waals surface area contributed by atoms with Crippen molar-refractivity contribution in [1.82, 2.24) is 24.7 Å². The first-order chi connectivity index (χ1) is 9.36. The Bertz CT molecular complexity index is 635. The summed E-state index contributed by atoms with van der Waals surface area (Å²) in [6.45, 7) is 3.75. The van der Waals surface area contributed by atoms with Crippen molar-refractivity contribution in [2.75, 3.05) is 11.9 Å². The van der Waals surface area contributed by atoms with E-state index in [1.165, 1.54) is 0 Å². The van der Waals surface area contributed by atoms with Gasteiger partial charge in [-0.3, -0.25) is 0 Å². The Labute approximate surface area is 110 Å². The molecule has 0 fully saturated rings. The van der Waals surface area contributed by atoms with Crippen molar-refractivity contribution in [3.63, 3.8) is 0 Å². The molecule has 0 bridgehead atoms. The number of nitrogens with zero attached hydrogens (tertiary/aromatic N) is 4. The molecule has 0 saturated heterocycles. The second-order valence-electron chi connectivity index (χ2n) is 4.31. The van der Waals surface area contributed by atoms with E-state index in [9.17, 15) is 0 Å². The van der Waals surface area contributed by atoms with Crippen molar-refractivity contribution in [2.45, 2.75) is 19.9 Å². The number of para-hydroxylation sites is 2. The molecule has 0 unspecified atom stereocenters. The van der Waals surface area contributed by atoms with Gasteiger partial charge in [0.15, 0.2) is 0 Å². The molecule has 6 heteroatoms. The summed E-state index contributed by atoms with van der Waals surface area (Å²) in [5, 5.41) is 11.3. The fourth-order valence-electron chi connectivity index (χ4n) is 2.07. The molecule has 0 aliphatic rings. The summed E-state index contributed by atoms with van der Waals surface area (Å²) < 4.78 is 2.04. The maximum Gasteiger partial charge on any atom is 0.201 e. The average Bonchev–Trinajstić information content (AvgIpc) is 3.04. The second-order valence-corrected chi connectivity index (χ2v) is 4.31. The molecule has 2 heterocycles. The number of hydrogen-bond donors (Lipinski definition) is 2. The van der Waals surface area contributed by atoms with Crippen LogP contribution in [0.5, 0.6) is 0 Å². The van der Waals surface area contributed by atoms with Crippen molar-refractivity contribution >= 4 is 17.0 Å². The van der Waals surface area contributed by atoms with Gasteiger partial charge in [0.05, 0.1) is 11.0 Å². The van der Waals surface area contributed by atoms with Gasteiger partial charge in [0, 0.05) is 19.5 Å². The summed E-state index contributed by atoms with van der Waals surface area (Å²) in [5.41, 5.74) is 2.02. The third-order valence-electron chi connectivity index (χ3n) is 3.07. The molecule has 98 valence electrons. The third-order valence-corrected chi connectivity index (χ3v) is 3.07. The van der Waals surface area contributed by atoms with E-state index in [1.807, 2.05) is 28.8 Å². The quantitative estimate of drug-likeness (QED) is 0.730. The van der Waals surface area contributed by atoms with E-state index in [0.29, 0.717) is 0 Å². The predicted molar refractivity (Wildman–Crippen MR) is 74.0 cm³/mol. The lowest BCUT2D eigenvalue weighted by Gasteiger charge is -2.03. The molecule has 3 aromatic rings. The minimum atomic E-state index is 0.776. The molecule has 2 N–H and O–H groups in total. The van der Waals surface area contributed by atoms with Crippen molar-refractivity contribution in [2.24, 2.45) is 0 Å². The standard InChI is InChI=1S/C13H16N6/c1-2-19-9-15-18-12(19)7-8-14-13-16-10-5-3-4-6-11(10)17-13/h3-6,9H,2,7-8H2,1H3,(H2,14,16,17). The molecule has 2 aromatic heterocycles. The molecule has 19 heavy (non-hydrogen) atoms. The van der Waals surface area contributed by atoms with E-state index in [1.54, 1.807) is 6.33 Å². The highest BCUT2D eigenvalue weighted by Gasteiger charge is 2.04. The van der Waals surface area contributed by atoms with Gasteiger partial charge in [-0.05, 0) is 19.1 Å². The van der Waals surface area contributed by atoms with E-state index in [-0.39, 0.29) is 0 Å². The maximum atomic E-state index is 4.46. The lowest BCUT2D eigenvalue weighted by Crippen LogP contribution is -2.10. The highest BCUT2D eigenvalue weighted by molar-refractivity contribution is 5.77. The Kier molecular flexibility index (Phi) is 3.14.